The lowest BCUT2D eigenvalue weighted by Gasteiger charge is -2.29. The zero-order valence-electron chi connectivity index (χ0n) is 25.0. The van der Waals surface area contributed by atoms with Gasteiger partial charge >= 0.3 is 0 Å². The smallest absolute Gasteiger partial charge is 0.126 e. The van der Waals surface area contributed by atoms with Gasteiger partial charge in [0.05, 0.1) is 14.2 Å². The topological polar surface area (TPSA) is 18.5 Å². The molecule has 0 fully saturated rings. The Morgan fingerprint density at radius 2 is 0.791 bits per heavy atom. The van der Waals surface area contributed by atoms with E-state index < -0.39 is 8.07 Å². The molecule has 7 rings (SSSR count). The molecule has 0 bridgehead atoms. The third-order valence-electron chi connectivity index (χ3n) is 8.85. The quantitative estimate of drug-likeness (QED) is 0.184. The van der Waals surface area contributed by atoms with E-state index in [1.54, 1.807) is 14.2 Å². The average Bonchev–Trinajstić information content (AvgIpc) is 3.30. The van der Waals surface area contributed by atoms with Crippen LogP contribution in [0.3, 0.4) is 0 Å². The molecular weight excluding hydrogens is 541 g/mol. The highest BCUT2D eigenvalue weighted by Crippen LogP contribution is 2.59. The van der Waals surface area contributed by atoms with E-state index in [0.29, 0.717) is 0 Å². The van der Waals surface area contributed by atoms with Gasteiger partial charge < -0.3 is 9.47 Å². The largest absolute Gasteiger partial charge is 0.496 e. The number of fused-ring (bicyclic) bond motifs is 2. The average molecular weight is 575 g/mol. The Bertz CT molecular complexity index is 1910. The number of benzene rings is 6. The van der Waals surface area contributed by atoms with Crippen LogP contribution in [0.5, 0.6) is 11.5 Å². The van der Waals surface area contributed by atoms with Crippen molar-refractivity contribution in [3.05, 3.63) is 156 Å². The van der Waals surface area contributed by atoms with Crippen molar-refractivity contribution in [2.75, 3.05) is 14.2 Å². The fourth-order valence-electron chi connectivity index (χ4n) is 7.02. The molecule has 6 aromatic carbocycles. The lowest BCUT2D eigenvalue weighted by Crippen LogP contribution is -2.29. The Balaban J connectivity index is 1.71. The summed E-state index contributed by atoms with van der Waals surface area (Å²) in [6, 6.07) is 47.8. The van der Waals surface area contributed by atoms with Gasteiger partial charge in [-0.2, -0.15) is 0 Å². The molecular formula is C40H34O2Si. The second kappa shape index (κ2) is 10.8. The molecule has 1 aliphatic heterocycles. The Morgan fingerprint density at radius 3 is 1.19 bits per heavy atom. The van der Waals surface area contributed by atoms with Gasteiger partial charge in [-0.3, -0.25) is 0 Å². The summed E-state index contributed by atoms with van der Waals surface area (Å²) in [5.74, 6) is 1.81. The molecule has 0 spiro atoms. The summed E-state index contributed by atoms with van der Waals surface area (Å²) in [5.41, 5.74) is 7.37. The van der Waals surface area contributed by atoms with Crippen LogP contribution in [-0.4, -0.2) is 22.3 Å². The van der Waals surface area contributed by atoms with E-state index in [-0.39, 0.29) is 0 Å². The molecule has 0 aromatic heterocycles. The maximum Gasteiger partial charge on any atom is 0.126 e. The Labute approximate surface area is 254 Å². The number of hydrogen-bond donors (Lipinski definition) is 0. The monoisotopic (exact) mass is 574 g/mol. The first kappa shape index (κ1) is 27.0. The van der Waals surface area contributed by atoms with Crippen LogP contribution in [0.25, 0.3) is 43.1 Å². The van der Waals surface area contributed by atoms with Gasteiger partial charge in [0.25, 0.3) is 0 Å². The molecule has 0 saturated carbocycles. The first-order valence-corrected chi connectivity index (χ1v) is 17.8. The maximum atomic E-state index is 6.19. The van der Waals surface area contributed by atoms with Gasteiger partial charge in [0, 0.05) is 11.1 Å². The van der Waals surface area contributed by atoms with Gasteiger partial charge in [0.1, 0.15) is 19.6 Å². The summed E-state index contributed by atoms with van der Waals surface area (Å²) in [5, 5.41) is 7.61. The van der Waals surface area contributed by atoms with Crippen LogP contribution in [0.15, 0.2) is 133 Å². The fourth-order valence-corrected chi connectivity index (χ4v) is 10.8. The molecule has 2 nitrogen and oxygen atoms in total. The molecule has 6 aromatic rings. The second-order valence-corrected chi connectivity index (χ2v) is 15.8. The summed E-state index contributed by atoms with van der Waals surface area (Å²) in [4.78, 5) is 0. The number of allylic oxidation sites excluding steroid dienone is 2. The number of rotatable bonds is 6. The molecule has 0 unspecified atom stereocenters. The Morgan fingerprint density at radius 1 is 0.419 bits per heavy atom. The molecule has 43 heavy (non-hydrogen) atoms. The van der Waals surface area contributed by atoms with Crippen molar-refractivity contribution in [3.63, 3.8) is 0 Å². The zero-order chi connectivity index (χ0) is 29.6. The lowest BCUT2D eigenvalue weighted by molar-refractivity contribution is 0.414. The lowest BCUT2D eigenvalue weighted by atomic mass is 9.87. The van der Waals surface area contributed by atoms with E-state index in [9.17, 15) is 0 Å². The van der Waals surface area contributed by atoms with Crippen LogP contribution < -0.4 is 9.47 Å². The van der Waals surface area contributed by atoms with Crippen LogP contribution in [0, 0.1) is 0 Å². The van der Waals surface area contributed by atoms with Gasteiger partial charge in [-0.15, -0.1) is 0 Å². The van der Waals surface area contributed by atoms with E-state index in [4.69, 9.17) is 9.47 Å². The van der Waals surface area contributed by atoms with Crippen molar-refractivity contribution >= 4 is 51.2 Å². The van der Waals surface area contributed by atoms with E-state index in [1.807, 2.05) is 0 Å². The molecule has 0 amide bonds. The number of ether oxygens (including phenoxy) is 2. The van der Waals surface area contributed by atoms with Crippen LogP contribution in [0.1, 0.15) is 22.3 Å². The number of hydrogen-bond acceptors (Lipinski definition) is 2. The van der Waals surface area contributed by atoms with Crippen molar-refractivity contribution in [1.82, 2.24) is 0 Å². The van der Waals surface area contributed by atoms with E-state index in [1.165, 1.54) is 65.3 Å². The third kappa shape index (κ3) is 4.31. The molecule has 210 valence electrons. The minimum atomic E-state index is -2.50. The molecule has 1 heterocycles. The van der Waals surface area contributed by atoms with E-state index in [2.05, 4.69) is 147 Å². The van der Waals surface area contributed by atoms with Crippen LogP contribution in [0.4, 0.5) is 0 Å². The maximum absolute atomic E-state index is 6.19. The minimum absolute atomic E-state index is 0.904. The van der Waals surface area contributed by atoms with Gasteiger partial charge in [-0.05, 0) is 66.3 Å². The first-order chi connectivity index (χ1) is 21.0. The van der Waals surface area contributed by atoms with Gasteiger partial charge in [0.2, 0.25) is 0 Å². The molecule has 1 aliphatic rings. The van der Waals surface area contributed by atoms with Crippen molar-refractivity contribution in [3.8, 4) is 11.5 Å². The summed E-state index contributed by atoms with van der Waals surface area (Å²) in [7, 11) is 1.08. The van der Waals surface area contributed by atoms with Gasteiger partial charge in [0.15, 0.2) is 0 Å². The van der Waals surface area contributed by atoms with E-state index in [0.717, 1.165) is 11.5 Å². The Kier molecular flexibility index (Phi) is 6.76. The van der Waals surface area contributed by atoms with Gasteiger partial charge in [-0.1, -0.05) is 134 Å². The van der Waals surface area contributed by atoms with Crippen molar-refractivity contribution < 1.29 is 9.47 Å². The fraction of sp³-hybridized carbons (Fsp3) is 0.100. The van der Waals surface area contributed by atoms with Crippen LogP contribution in [-0.2, 0) is 0 Å². The van der Waals surface area contributed by atoms with Crippen molar-refractivity contribution in [1.29, 1.82) is 0 Å². The predicted molar refractivity (Wildman–Crippen MR) is 185 cm³/mol. The Hall–Kier alpha value is -4.86. The van der Waals surface area contributed by atoms with Crippen molar-refractivity contribution in [2.45, 2.75) is 13.1 Å². The SMILES string of the molecule is COc1ccc2ccccc2c1C1=C(c2ccccc2)C(c2ccccc2)=C(c2c(OC)ccc3ccccc23)[Si]1(C)C. The second-order valence-electron chi connectivity index (χ2n) is 11.6. The highest BCUT2D eigenvalue weighted by Gasteiger charge is 2.46. The third-order valence-corrected chi connectivity index (χ3v) is 12.3. The van der Waals surface area contributed by atoms with E-state index >= 15 is 0 Å². The summed E-state index contributed by atoms with van der Waals surface area (Å²) in [6.07, 6.45) is 0. The molecule has 0 N–H and O–H groups in total. The van der Waals surface area contributed by atoms with Gasteiger partial charge in [-0.25, -0.2) is 0 Å². The molecule has 0 atom stereocenters. The van der Waals surface area contributed by atoms with Crippen LogP contribution >= 0.6 is 0 Å². The minimum Gasteiger partial charge on any atom is -0.496 e. The van der Waals surface area contributed by atoms with Crippen molar-refractivity contribution in [2.24, 2.45) is 0 Å². The predicted octanol–water partition coefficient (Wildman–Crippen LogP) is 10.3. The molecule has 0 saturated heterocycles. The highest BCUT2D eigenvalue weighted by atomic mass is 28.3. The normalized spacial score (nSPS) is 14.5. The van der Waals surface area contributed by atoms with Crippen LogP contribution in [0.2, 0.25) is 13.1 Å². The summed E-state index contributed by atoms with van der Waals surface area (Å²) >= 11 is 0. The molecule has 3 heteroatoms. The first-order valence-electron chi connectivity index (χ1n) is 14.8. The molecule has 0 aliphatic carbocycles. The zero-order valence-corrected chi connectivity index (χ0v) is 26.0. The molecule has 0 radical (unpaired) electrons. The highest BCUT2D eigenvalue weighted by molar-refractivity contribution is 7.13. The summed E-state index contributed by atoms with van der Waals surface area (Å²) < 4.78 is 12.4. The standard InChI is InChI=1S/C40H34O2Si/c1-41-33-25-23-27-15-11-13-21-31(27)37(33)39-35(29-17-7-5-8-18-29)36(30-19-9-6-10-20-30)40(43(39,3)4)38-32-22-14-12-16-28(32)24-26-34(38)42-2/h5-26H,1-4H3. The summed E-state index contributed by atoms with van der Waals surface area (Å²) in [6.45, 7) is 5.00. The number of methoxy groups -OCH3 is 2.